The van der Waals surface area contributed by atoms with Crippen molar-refractivity contribution in [2.75, 3.05) is 6.54 Å². The molecule has 2 N–H and O–H groups in total. The third kappa shape index (κ3) is 2.11. The van der Waals surface area contributed by atoms with Crippen LogP contribution < -0.4 is 5.32 Å². The van der Waals surface area contributed by atoms with E-state index >= 15 is 0 Å². The average Bonchev–Trinajstić information content (AvgIpc) is 2.57. The van der Waals surface area contributed by atoms with E-state index in [1.165, 1.54) is 6.20 Å². The summed E-state index contributed by atoms with van der Waals surface area (Å²) in [6.07, 6.45) is 1.40. The van der Waals surface area contributed by atoms with Crippen LogP contribution in [0.3, 0.4) is 0 Å². The van der Waals surface area contributed by atoms with Crippen LogP contribution in [0.4, 0.5) is 0 Å². The molecular formula is C9H15N3O2. The van der Waals surface area contributed by atoms with Gasteiger partial charge in [-0.1, -0.05) is 6.92 Å². The zero-order valence-electron chi connectivity index (χ0n) is 8.45. The molecule has 0 bridgehead atoms. The second-order valence-corrected chi connectivity index (χ2v) is 2.91. The molecule has 5 nitrogen and oxygen atoms in total. The van der Waals surface area contributed by atoms with Crippen molar-refractivity contribution in [2.24, 2.45) is 0 Å². The quantitative estimate of drug-likeness (QED) is 0.729. The Morgan fingerprint density at radius 3 is 2.86 bits per heavy atom. The maximum Gasteiger partial charge on any atom is 0.339 e. The minimum Gasteiger partial charge on any atom is -0.478 e. The lowest BCUT2D eigenvalue weighted by atomic mass is 10.2. The Balaban J connectivity index is 2.93. The van der Waals surface area contributed by atoms with Crippen molar-refractivity contribution in [1.82, 2.24) is 15.1 Å². The van der Waals surface area contributed by atoms with Gasteiger partial charge in [-0.2, -0.15) is 5.10 Å². The third-order valence-electron chi connectivity index (χ3n) is 2.02. The van der Waals surface area contributed by atoms with Crippen LogP contribution in [0, 0.1) is 0 Å². The molecule has 0 aliphatic heterocycles. The fourth-order valence-corrected chi connectivity index (χ4v) is 1.29. The monoisotopic (exact) mass is 197 g/mol. The summed E-state index contributed by atoms with van der Waals surface area (Å²) in [5.41, 5.74) is 1.02. The van der Waals surface area contributed by atoms with Gasteiger partial charge in [-0.3, -0.25) is 4.68 Å². The maximum atomic E-state index is 10.8. The first kappa shape index (κ1) is 10.7. The van der Waals surface area contributed by atoms with Crippen LogP contribution in [0.15, 0.2) is 6.20 Å². The second-order valence-electron chi connectivity index (χ2n) is 2.91. The van der Waals surface area contributed by atoms with Crippen LogP contribution in [-0.2, 0) is 13.1 Å². The van der Waals surface area contributed by atoms with Gasteiger partial charge in [0.15, 0.2) is 0 Å². The van der Waals surface area contributed by atoms with E-state index in [2.05, 4.69) is 10.4 Å². The van der Waals surface area contributed by atoms with Crippen LogP contribution in [-0.4, -0.2) is 27.4 Å². The molecule has 0 aliphatic carbocycles. The molecule has 0 saturated carbocycles. The molecule has 0 aliphatic rings. The highest BCUT2D eigenvalue weighted by molar-refractivity contribution is 5.88. The highest BCUT2D eigenvalue weighted by atomic mass is 16.4. The minimum absolute atomic E-state index is 0.285. The van der Waals surface area contributed by atoms with E-state index < -0.39 is 5.97 Å². The van der Waals surface area contributed by atoms with Gasteiger partial charge in [0.1, 0.15) is 5.56 Å². The molecule has 0 fully saturated rings. The van der Waals surface area contributed by atoms with E-state index in [0.29, 0.717) is 13.1 Å². The number of aromatic nitrogens is 2. The molecule has 0 unspecified atom stereocenters. The molecular weight excluding hydrogens is 182 g/mol. The molecule has 0 spiro atoms. The van der Waals surface area contributed by atoms with Gasteiger partial charge >= 0.3 is 5.97 Å². The molecule has 1 heterocycles. The molecule has 1 rings (SSSR count). The summed E-state index contributed by atoms with van der Waals surface area (Å²) in [6, 6.07) is 0. The lowest BCUT2D eigenvalue weighted by Gasteiger charge is -2.06. The van der Waals surface area contributed by atoms with E-state index in [9.17, 15) is 4.79 Å². The first-order valence-electron chi connectivity index (χ1n) is 4.69. The third-order valence-corrected chi connectivity index (χ3v) is 2.02. The van der Waals surface area contributed by atoms with Crippen molar-refractivity contribution in [1.29, 1.82) is 0 Å². The van der Waals surface area contributed by atoms with E-state index in [-0.39, 0.29) is 5.56 Å². The van der Waals surface area contributed by atoms with E-state index in [1.807, 2.05) is 13.8 Å². The molecule has 0 amide bonds. The normalized spacial score (nSPS) is 10.4. The highest BCUT2D eigenvalue weighted by Crippen LogP contribution is 2.08. The summed E-state index contributed by atoms with van der Waals surface area (Å²) in [5.74, 6) is -0.919. The standard InChI is InChI=1S/C9H15N3O2/c1-3-10-6-8-7(9(13)14)5-11-12(8)4-2/h5,10H,3-4,6H2,1-2H3,(H,13,14). The molecule has 0 radical (unpaired) electrons. The lowest BCUT2D eigenvalue weighted by molar-refractivity contribution is 0.0695. The highest BCUT2D eigenvalue weighted by Gasteiger charge is 2.14. The van der Waals surface area contributed by atoms with Crippen molar-refractivity contribution >= 4 is 5.97 Å². The molecule has 0 atom stereocenters. The number of rotatable bonds is 5. The molecule has 5 heteroatoms. The number of hydrogen-bond donors (Lipinski definition) is 2. The minimum atomic E-state index is -0.919. The summed E-state index contributed by atoms with van der Waals surface area (Å²) in [4.78, 5) is 10.8. The molecule has 78 valence electrons. The van der Waals surface area contributed by atoms with Crippen LogP contribution in [0.2, 0.25) is 0 Å². The Labute approximate surface area is 82.7 Å². The first-order chi connectivity index (χ1) is 6.70. The van der Waals surface area contributed by atoms with Crippen LogP contribution in [0.25, 0.3) is 0 Å². The number of carboxylic acid groups (broad SMARTS) is 1. The van der Waals surface area contributed by atoms with Gasteiger partial charge in [-0.25, -0.2) is 4.79 Å². The molecule has 0 saturated heterocycles. The van der Waals surface area contributed by atoms with Crippen molar-refractivity contribution in [3.63, 3.8) is 0 Å². The average molecular weight is 197 g/mol. The predicted molar refractivity (Wildman–Crippen MR) is 52.2 cm³/mol. The number of aryl methyl sites for hydroxylation is 1. The van der Waals surface area contributed by atoms with Crippen LogP contribution in [0.5, 0.6) is 0 Å². The zero-order valence-corrected chi connectivity index (χ0v) is 8.45. The van der Waals surface area contributed by atoms with Gasteiger partial charge in [0.2, 0.25) is 0 Å². The molecule has 1 aromatic heterocycles. The Hall–Kier alpha value is -1.36. The number of carboxylic acids is 1. The SMILES string of the molecule is CCNCc1c(C(=O)O)cnn1CC. The van der Waals surface area contributed by atoms with Crippen molar-refractivity contribution in [3.05, 3.63) is 17.5 Å². The van der Waals surface area contributed by atoms with Gasteiger partial charge < -0.3 is 10.4 Å². The number of hydrogen-bond acceptors (Lipinski definition) is 3. The zero-order chi connectivity index (χ0) is 10.6. The number of nitrogens with zero attached hydrogens (tertiary/aromatic N) is 2. The molecule has 0 aromatic carbocycles. The van der Waals surface area contributed by atoms with Crippen LogP contribution >= 0.6 is 0 Å². The van der Waals surface area contributed by atoms with Crippen molar-refractivity contribution in [2.45, 2.75) is 26.9 Å². The Kier molecular flexibility index (Phi) is 3.64. The fraction of sp³-hybridized carbons (Fsp3) is 0.556. The summed E-state index contributed by atoms with van der Waals surface area (Å²) in [6.45, 7) is 5.97. The summed E-state index contributed by atoms with van der Waals surface area (Å²) >= 11 is 0. The molecule has 14 heavy (non-hydrogen) atoms. The van der Waals surface area contributed by atoms with Gasteiger partial charge in [-0.05, 0) is 13.5 Å². The number of carbonyl (C=O) groups is 1. The fourth-order valence-electron chi connectivity index (χ4n) is 1.29. The topological polar surface area (TPSA) is 67.2 Å². The Bertz CT molecular complexity index is 320. The van der Waals surface area contributed by atoms with E-state index in [0.717, 1.165) is 12.2 Å². The first-order valence-corrected chi connectivity index (χ1v) is 4.69. The van der Waals surface area contributed by atoms with Gasteiger partial charge in [0.05, 0.1) is 11.9 Å². The van der Waals surface area contributed by atoms with E-state index in [1.54, 1.807) is 4.68 Å². The largest absolute Gasteiger partial charge is 0.478 e. The Morgan fingerprint density at radius 1 is 1.64 bits per heavy atom. The number of nitrogens with one attached hydrogen (secondary N) is 1. The van der Waals surface area contributed by atoms with Crippen molar-refractivity contribution < 1.29 is 9.90 Å². The Morgan fingerprint density at radius 2 is 2.36 bits per heavy atom. The maximum absolute atomic E-state index is 10.8. The van der Waals surface area contributed by atoms with Crippen LogP contribution in [0.1, 0.15) is 29.9 Å². The lowest BCUT2D eigenvalue weighted by Crippen LogP contribution is -2.18. The van der Waals surface area contributed by atoms with Gasteiger partial charge in [0, 0.05) is 13.1 Å². The molecule has 1 aromatic rings. The second kappa shape index (κ2) is 4.76. The smallest absolute Gasteiger partial charge is 0.339 e. The summed E-state index contributed by atoms with van der Waals surface area (Å²) in [7, 11) is 0. The number of aromatic carboxylic acids is 1. The van der Waals surface area contributed by atoms with Gasteiger partial charge in [0.25, 0.3) is 0 Å². The van der Waals surface area contributed by atoms with E-state index in [4.69, 9.17) is 5.11 Å². The summed E-state index contributed by atoms with van der Waals surface area (Å²) in [5, 5.41) is 16.0. The predicted octanol–water partition coefficient (Wildman–Crippen LogP) is 0.711. The van der Waals surface area contributed by atoms with Crippen molar-refractivity contribution in [3.8, 4) is 0 Å². The van der Waals surface area contributed by atoms with Gasteiger partial charge in [-0.15, -0.1) is 0 Å². The summed E-state index contributed by atoms with van der Waals surface area (Å²) < 4.78 is 1.70.